The Bertz CT molecular complexity index is 118. The Morgan fingerprint density at radius 1 is 1.14 bits per heavy atom. The van der Waals surface area contributed by atoms with Crippen LogP contribution in [0.4, 0.5) is 0 Å². The highest BCUT2D eigenvalue weighted by Gasteiger charge is 2.01. The lowest BCUT2D eigenvalue weighted by Crippen LogP contribution is -2.26. The van der Waals surface area contributed by atoms with Gasteiger partial charge in [0, 0.05) is 26.4 Å². The van der Waals surface area contributed by atoms with Crippen molar-refractivity contribution in [3.63, 3.8) is 0 Å². The summed E-state index contributed by atoms with van der Waals surface area (Å²) in [6, 6.07) is 0.565. The van der Waals surface area contributed by atoms with Gasteiger partial charge >= 0.3 is 0 Å². The molecule has 0 aromatic rings. The second-order valence-electron chi connectivity index (χ2n) is 3.93. The number of methoxy groups -OCH3 is 1. The maximum Gasteiger partial charge on any atom is 0.0559 e. The third-order valence-electron chi connectivity index (χ3n) is 2.00. The number of nitrogens with one attached hydrogen (secondary N) is 1. The molecule has 0 saturated heterocycles. The van der Waals surface area contributed by atoms with Gasteiger partial charge in [-0.25, -0.2) is 0 Å². The molecule has 0 aliphatic carbocycles. The Morgan fingerprint density at radius 3 is 2.43 bits per heavy atom. The molecule has 0 saturated carbocycles. The highest BCUT2D eigenvalue weighted by molar-refractivity contribution is 4.57. The van der Waals surface area contributed by atoms with Crippen molar-refractivity contribution in [1.29, 1.82) is 0 Å². The van der Waals surface area contributed by atoms with E-state index >= 15 is 0 Å². The Labute approximate surface area is 88.2 Å². The molecular weight excluding hydrogens is 178 g/mol. The molecule has 3 heteroatoms. The summed E-state index contributed by atoms with van der Waals surface area (Å²) in [6.07, 6.45) is 2.40. The van der Waals surface area contributed by atoms with E-state index in [-0.39, 0.29) is 0 Å². The van der Waals surface area contributed by atoms with Crippen molar-refractivity contribution in [1.82, 2.24) is 5.32 Å². The Hall–Kier alpha value is -0.120. The molecule has 0 heterocycles. The summed E-state index contributed by atoms with van der Waals surface area (Å²) >= 11 is 0. The lowest BCUT2D eigenvalue weighted by atomic mass is 10.2. The van der Waals surface area contributed by atoms with E-state index in [1.165, 1.54) is 0 Å². The monoisotopic (exact) mass is 203 g/mol. The van der Waals surface area contributed by atoms with Gasteiger partial charge in [0.25, 0.3) is 0 Å². The smallest absolute Gasteiger partial charge is 0.0559 e. The fourth-order valence-corrected chi connectivity index (χ4v) is 1.15. The minimum atomic E-state index is 0.345. The summed E-state index contributed by atoms with van der Waals surface area (Å²) in [6.45, 7) is 9.06. The van der Waals surface area contributed by atoms with E-state index in [4.69, 9.17) is 9.47 Å². The van der Waals surface area contributed by atoms with Gasteiger partial charge < -0.3 is 14.8 Å². The molecule has 0 aliphatic heterocycles. The normalized spacial score (nSPS) is 13.5. The van der Waals surface area contributed by atoms with Crippen molar-refractivity contribution in [3.05, 3.63) is 0 Å². The van der Waals surface area contributed by atoms with Crippen LogP contribution in [0.25, 0.3) is 0 Å². The number of ether oxygens (including phenoxy) is 2. The second kappa shape index (κ2) is 9.44. The Kier molecular flexibility index (Phi) is 9.35. The molecule has 0 radical (unpaired) electrons. The third-order valence-corrected chi connectivity index (χ3v) is 2.00. The topological polar surface area (TPSA) is 30.5 Å². The summed E-state index contributed by atoms with van der Waals surface area (Å²) < 4.78 is 10.5. The summed E-state index contributed by atoms with van der Waals surface area (Å²) in [4.78, 5) is 0. The van der Waals surface area contributed by atoms with Gasteiger partial charge in [-0.15, -0.1) is 0 Å². The summed E-state index contributed by atoms with van der Waals surface area (Å²) in [5, 5.41) is 3.37. The van der Waals surface area contributed by atoms with Gasteiger partial charge in [-0.05, 0) is 26.3 Å². The largest absolute Gasteiger partial charge is 0.385 e. The highest BCUT2D eigenvalue weighted by atomic mass is 16.5. The maximum absolute atomic E-state index is 5.61. The van der Waals surface area contributed by atoms with Crippen LogP contribution in [0.5, 0.6) is 0 Å². The van der Waals surface area contributed by atoms with Gasteiger partial charge in [-0.2, -0.15) is 0 Å². The average molecular weight is 203 g/mol. The molecule has 3 nitrogen and oxygen atoms in total. The summed E-state index contributed by atoms with van der Waals surface area (Å²) in [5.74, 6) is 0. The standard InChI is InChI=1S/C11H25NO2/c1-10(2)12-7-6-11(3)14-9-5-8-13-4/h10-12H,5-9H2,1-4H3. The molecule has 0 fully saturated rings. The lowest BCUT2D eigenvalue weighted by molar-refractivity contribution is 0.0456. The second-order valence-corrected chi connectivity index (χ2v) is 3.93. The van der Waals surface area contributed by atoms with Crippen LogP contribution in [0.1, 0.15) is 33.6 Å². The van der Waals surface area contributed by atoms with E-state index in [1.54, 1.807) is 7.11 Å². The maximum atomic E-state index is 5.61. The SMILES string of the molecule is COCCCOC(C)CCNC(C)C. The minimum Gasteiger partial charge on any atom is -0.385 e. The van der Waals surface area contributed by atoms with Crippen molar-refractivity contribution in [2.24, 2.45) is 0 Å². The summed E-state index contributed by atoms with van der Waals surface area (Å²) in [5.41, 5.74) is 0. The van der Waals surface area contributed by atoms with E-state index < -0.39 is 0 Å². The predicted molar refractivity (Wildman–Crippen MR) is 59.7 cm³/mol. The molecule has 0 rings (SSSR count). The minimum absolute atomic E-state index is 0.345. The first-order chi connectivity index (χ1) is 6.66. The average Bonchev–Trinajstić information content (AvgIpc) is 2.12. The van der Waals surface area contributed by atoms with Crippen molar-refractivity contribution in [2.75, 3.05) is 26.9 Å². The van der Waals surface area contributed by atoms with Crippen molar-refractivity contribution < 1.29 is 9.47 Å². The first-order valence-corrected chi connectivity index (χ1v) is 5.50. The predicted octanol–water partition coefficient (Wildman–Crippen LogP) is 1.82. The van der Waals surface area contributed by atoms with Crippen molar-refractivity contribution in [2.45, 2.75) is 45.8 Å². The lowest BCUT2D eigenvalue weighted by Gasteiger charge is -2.14. The Morgan fingerprint density at radius 2 is 1.86 bits per heavy atom. The van der Waals surface area contributed by atoms with Crippen molar-refractivity contribution in [3.8, 4) is 0 Å². The fraction of sp³-hybridized carbons (Fsp3) is 1.00. The van der Waals surface area contributed by atoms with Crippen LogP contribution >= 0.6 is 0 Å². The van der Waals surface area contributed by atoms with Crippen LogP contribution in [0, 0.1) is 0 Å². The van der Waals surface area contributed by atoms with Gasteiger partial charge in [0.2, 0.25) is 0 Å². The zero-order chi connectivity index (χ0) is 10.8. The molecule has 0 bridgehead atoms. The van der Waals surface area contributed by atoms with E-state index in [2.05, 4.69) is 26.1 Å². The number of hydrogen-bond acceptors (Lipinski definition) is 3. The molecule has 1 unspecified atom stereocenters. The first kappa shape index (κ1) is 13.9. The Balaban J connectivity index is 3.15. The zero-order valence-electron chi connectivity index (χ0n) is 10.0. The van der Waals surface area contributed by atoms with Crippen molar-refractivity contribution >= 4 is 0 Å². The van der Waals surface area contributed by atoms with E-state index in [1.807, 2.05) is 0 Å². The van der Waals surface area contributed by atoms with Crippen LogP contribution in [-0.4, -0.2) is 39.0 Å². The van der Waals surface area contributed by atoms with Gasteiger partial charge in [0.15, 0.2) is 0 Å². The summed E-state index contributed by atoms with van der Waals surface area (Å²) in [7, 11) is 1.72. The van der Waals surface area contributed by atoms with E-state index in [9.17, 15) is 0 Å². The zero-order valence-corrected chi connectivity index (χ0v) is 10.0. The van der Waals surface area contributed by atoms with Crippen LogP contribution in [0.2, 0.25) is 0 Å². The van der Waals surface area contributed by atoms with Crippen LogP contribution in [-0.2, 0) is 9.47 Å². The molecule has 1 N–H and O–H groups in total. The van der Waals surface area contributed by atoms with Gasteiger partial charge in [-0.3, -0.25) is 0 Å². The molecular formula is C11H25NO2. The van der Waals surface area contributed by atoms with Gasteiger partial charge in [0.1, 0.15) is 0 Å². The molecule has 0 aromatic carbocycles. The highest BCUT2D eigenvalue weighted by Crippen LogP contribution is 1.97. The van der Waals surface area contributed by atoms with Gasteiger partial charge in [-0.1, -0.05) is 13.8 Å². The molecule has 0 amide bonds. The van der Waals surface area contributed by atoms with Crippen LogP contribution < -0.4 is 5.32 Å². The van der Waals surface area contributed by atoms with E-state index in [0.29, 0.717) is 12.1 Å². The van der Waals surface area contributed by atoms with Crippen LogP contribution in [0.3, 0.4) is 0 Å². The molecule has 0 aliphatic rings. The number of hydrogen-bond donors (Lipinski definition) is 1. The number of rotatable bonds is 9. The molecule has 0 aromatic heterocycles. The quantitative estimate of drug-likeness (QED) is 0.580. The first-order valence-electron chi connectivity index (χ1n) is 5.50. The third kappa shape index (κ3) is 9.96. The molecule has 14 heavy (non-hydrogen) atoms. The van der Waals surface area contributed by atoms with Gasteiger partial charge in [0.05, 0.1) is 6.10 Å². The molecule has 1 atom stereocenters. The fourth-order valence-electron chi connectivity index (χ4n) is 1.15. The molecule has 0 spiro atoms. The molecule has 86 valence electrons. The van der Waals surface area contributed by atoms with E-state index in [0.717, 1.165) is 32.6 Å². The van der Waals surface area contributed by atoms with Crippen LogP contribution in [0.15, 0.2) is 0 Å².